The SMILES string of the molecule is Cc1nn(C(F)(F)F)c(C)c1CCl. The Hall–Kier alpha value is -0.710. The summed E-state index contributed by atoms with van der Waals surface area (Å²) < 4.78 is 36.7. The van der Waals surface area contributed by atoms with Crippen molar-refractivity contribution in [1.29, 1.82) is 0 Å². The molecule has 1 aromatic rings. The van der Waals surface area contributed by atoms with E-state index < -0.39 is 6.30 Å². The van der Waals surface area contributed by atoms with Crippen LogP contribution in [0.1, 0.15) is 17.0 Å². The molecule has 0 N–H and O–H groups in total. The quantitative estimate of drug-likeness (QED) is 0.655. The molecule has 13 heavy (non-hydrogen) atoms. The minimum Gasteiger partial charge on any atom is -0.176 e. The first-order chi connectivity index (χ1) is 5.88. The monoisotopic (exact) mass is 212 g/mol. The molecule has 1 heterocycles. The van der Waals surface area contributed by atoms with E-state index in [1.165, 1.54) is 13.8 Å². The highest BCUT2D eigenvalue weighted by molar-refractivity contribution is 6.17. The number of rotatable bonds is 1. The van der Waals surface area contributed by atoms with Gasteiger partial charge in [0.15, 0.2) is 0 Å². The summed E-state index contributed by atoms with van der Waals surface area (Å²) in [6.07, 6.45) is -4.46. The highest BCUT2D eigenvalue weighted by atomic mass is 35.5. The Balaban J connectivity index is 3.26. The van der Waals surface area contributed by atoms with E-state index in [1.54, 1.807) is 0 Å². The van der Waals surface area contributed by atoms with Gasteiger partial charge in [0.25, 0.3) is 0 Å². The van der Waals surface area contributed by atoms with E-state index in [9.17, 15) is 13.2 Å². The lowest BCUT2D eigenvalue weighted by Gasteiger charge is -2.07. The second-order valence-electron chi connectivity index (χ2n) is 2.66. The molecule has 1 rings (SSSR count). The lowest BCUT2D eigenvalue weighted by molar-refractivity contribution is -0.213. The molecule has 0 aromatic carbocycles. The molecule has 0 saturated heterocycles. The number of aromatic nitrogens is 2. The van der Waals surface area contributed by atoms with E-state index in [0.717, 1.165) is 0 Å². The van der Waals surface area contributed by atoms with Gasteiger partial charge in [-0.05, 0) is 13.8 Å². The van der Waals surface area contributed by atoms with Crippen LogP contribution in [0.25, 0.3) is 0 Å². The van der Waals surface area contributed by atoms with Gasteiger partial charge in [-0.15, -0.1) is 24.8 Å². The topological polar surface area (TPSA) is 17.8 Å². The maximum absolute atomic E-state index is 12.2. The van der Waals surface area contributed by atoms with Gasteiger partial charge >= 0.3 is 6.30 Å². The molecule has 0 spiro atoms. The first kappa shape index (κ1) is 10.4. The zero-order valence-electron chi connectivity index (χ0n) is 7.11. The molecule has 0 aliphatic rings. The Morgan fingerprint density at radius 1 is 1.38 bits per heavy atom. The summed E-state index contributed by atoms with van der Waals surface area (Å²) in [6.45, 7) is 2.86. The van der Waals surface area contributed by atoms with Crippen LogP contribution in [0, 0.1) is 13.8 Å². The van der Waals surface area contributed by atoms with Crippen LogP contribution in [-0.4, -0.2) is 9.78 Å². The summed E-state index contributed by atoms with van der Waals surface area (Å²) in [4.78, 5) is 0. The standard InChI is InChI=1S/C7H8ClF3N2/c1-4-6(3-8)5(2)13(12-4)7(9,10)11/h3H2,1-2H3. The van der Waals surface area contributed by atoms with E-state index >= 15 is 0 Å². The number of nitrogens with zero attached hydrogens (tertiary/aromatic N) is 2. The Kier molecular flexibility index (Phi) is 2.56. The minimum absolute atomic E-state index is 0.0417. The predicted molar refractivity (Wildman–Crippen MR) is 42.6 cm³/mol. The van der Waals surface area contributed by atoms with Crippen LogP contribution in [0.2, 0.25) is 0 Å². The molecule has 0 amide bonds. The third kappa shape index (κ3) is 1.80. The highest BCUT2D eigenvalue weighted by Gasteiger charge is 2.34. The maximum atomic E-state index is 12.2. The van der Waals surface area contributed by atoms with Gasteiger partial charge in [0, 0.05) is 11.3 Å². The number of halogens is 4. The lowest BCUT2D eigenvalue weighted by Crippen LogP contribution is -2.19. The van der Waals surface area contributed by atoms with Crippen molar-refractivity contribution in [2.75, 3.05) is 0 Å². The van der Waals surface area contributed by atoms with Crippen molar-refractivity contribution in [2.24, 2.45) is 0 Å². The molecule has 6 heteroatoms. The normalized spacial score (nSPS) is 12.2. The second kappa shape index (κ2) is 3.21. The van der Waals surface area contributed by atoms with Crippen LogP contribution < -0.4 is 0 Å². The molecule has 0 saturated carbocycles. The Morgan fingerprint density at radius 3 is 2.15 bits per heavy atom. The van der Waals surface area contributed by atoms with Gasteiger partial charge in [-0.2, -0.15) is 9.78 Å². The van der Waals surface area contributed by atoms with Gasteiger partial charge in [0.2, 0.25) is 0 Å². The van der Waals surface area contributed by atoms with E-state index in [1.807, 2.05) is 0 Å². The van der Waals surface area contributed by atoms with Crippen molar-refractivity contribution in [3.8, 4) is 0 Å². The minimum atomic E-state index is -4.46. The molecule has 0 bridgehead atoms. The van der Waals surface area contributed by atoms with Crippen LogP contribution in [0.4, 0.5) is 13.2 Å². The van der Waals surface area contributed by atoms with E-state index in [4.69, 9.17) is 11.6 Å². The molecule has 2 nitrogen and oxygen atoms in total. The lowest BCUT2D eigenvalue weighted by atomic mass is 10.2. The van der Waals surface area contributed by atoms with Gasteiger partial charge in [0.05, 0.1) is 11.6 Å². The third-order valence-corrected chi connectivity index (χ3v) is 2.08. The summed E-state index contributed by atoms with van der Waals surface area (Å²) in [5, 5.41) is 3.36. The van der Waals surface area contributed by atoms with E-state index in [2.05, 4.69) is 5.10 Å². The fourth-order valence-electron chi connectivity index (χ4n) is 1.12. The van der Waals surface area contributed by atoms with Gasteiger partial charge in [-0.25, -0.2) is 0 Å². The van der Waals surface area contributed by atoms with Crippen molar-refractivity contribution in [3.05, 3.63) is 17.0 Å². The Morgan fingerprint density at radius 2 is 1.92 bits per heavy atom. The molecular formula is C7H8ClF3N2. The van der Waals surface area contributed by atoms with Crippen LogP contribution >= 0.6 is 11.6 Å². The summed E-state index contributed by atoms with van der Waals surface area (Å²) in [7, 11) is 0. The molecule has 74 valence electrons. The number of hydrogen-bond acceptors (Lipinski definition) is 1. The van der Waals surface area contributed by atoms with Gasteiger partial charge in [-0.3, -0.25) is 0 Å². The summed E-state index contributed by atoms with van der Waals surface area (Å²) in [5.41, 5.74) is 0.823. The molecular weight excluding hydrogens is 205 g/mol. The fourth-order valence-corrected chi connectivity index (χ4v) is 1.50. The average molecular weight is 213 g/mol. The van der Waals surface area contributed by atoms with E-state index in [-0.39, 0.29) is 16.3 Å². The first-order valence-electron chi connectivity index (χ1n) is 3.56. The van der Waals surface area contributed by atoms with Crippen LogP contribution in [0.5, 0.6) is 0 Å². The molecule has 1 aromatic heterocycles. The van der Waals surface area contributed by atoms with Crippen molar-refractivity contribution in [3.63, 3.8) is 0 Å². The molecule has 0 aliphatic heterocycles. The van der Waals surface area contributed by atoms with Gasteiger partial charge in [0.1, 0.15) is 0 Å². The molecule has 0 aliphatic carbocycles. The van der Waals surface area contributed by atoms with Gasteiger partial charge < -0.3 is 0 Å². The van der Waals surface area contributed by atoms with Crippen molar-refractivity contribution < 1.29 is 13.2 Å². The van der Waals surface area contributed by atoms with E-state index in [0.29, 0.717) is 11.3 Å². The van der Waals surface area contributed by atoms with Crippen LogP contribution in [0.15, 0.2) is 0 Å². The molecule has 0 fully saturated rings. The van der Waals surface area contributed by atoms with Gasteiger partial charge in [-0.1, -0.05) is 0 Å². The van der Waals surface area contributed by atoms with Crippen LogP contribution in [0.3, 0.4) is 0 Å². The number of aryl methyl sites for hydroxylation is 1. The average Bonchev–Trinajstić information content (AvgIpc) is 2.25. The Bertz CT molecular complexity index is 316. The second-order valence-corrected chi connectivity index (χ2v) is 2.93. The third-order valence-electron chi connectivity index (χ3n) is 1.81. The molecule has 0 unspecified atom stereocenters. The summed E-state index contributed by atoms with van der Waals surface area (Å²) >= 11 is 5.48. The zero-order valence-corrected chi connectivity index (χ0v) is 7.87. The summed E-state index contributed by atoms with van der Waals surface area (Å²) in [6, 6.07) is 0. The van der Waals surface area contributed by atoms with Crippen molar-refractivity contribution >= 4 is 11.6 Å². The number of alkyl halides is 4. The van der Waals surface area contributed by atoms with Crippen molar-refractivity contribution in [1.82, 2.24) is 9.78 Å². The zero-order chi connectivity index (χ0) is 10.2. The maximum Gasteiger partial charge on any atom is 0.504 e. The predicted octanol–water partition coefficient (Wildman–Crippen LogP) is 2.72. The Labute approximate surface area is 78.3 Å². The smallest absolute Gasteiger partial charge is 0.176 e. The van der Waals surface area contributed by atoms with Crippen molar-refractivity contribution in [2.45, 2.75) is 26.0 Å². The highest BCUT2D eigenvalue weighted by Crippen LogP contribution is 2.26. The first-order valence-corrected chi connectivity index (χ1v) is 4.09. The number of hydrogen-bond donors (Lipinski definition) is 0. The summed E-state index contributed by atoms with van der Waals surface area (Å²) in [5.74, 6) is 0.0494. The molecule has 0 atom stereocenters. The largest absolute Gasteiger partial charge is 0.504 e. The van der Waals surface area contributed by atoms with Crippen LogP contribution in [-0.2, 0) is 12.2 Å². The fraction of sp³-hybridized carbons (Fsp3) is 0.571. The molecule has 0 radical (unpaired) electrons.